The number of ether oxygens (including phenoxy) is 2. The number of allylic oxidation sites excluding steroid dienone is 1. The molecule has 0 amide bonds. The van der Waals surface area contributed by atoms with Crippen molar-refractivity contribution < 1.29 is 14.6 Å². The Labute approximate surface area is 190 Å². The van der Waals surface area contributed by atoms with Gasteiger partial charge in [-0.15, -0.1) is 0 Å². The lowest BCUT2D eigenvalue weighted by atomic mass is 9.86. The number of nitrogens with zero attached hydrogens (tertiary/aromatic N) is 1. The van der Waals surface area contributed by atoms with Gasteiger partial charge in [0.15, 0.2) is 0 Å². The van der Waals surface area contributed by atoms with E-state index < -0.39 is 0 Å². The summed E-state index contributed by atoms with van der Waals surface area (Å²) in [6.45, 7) is 10.1. The molecule has 0 spiro atoms. The molecular formula is C28H31NO3. The fraction of sp³-hybridized carbons (Fsp3) is 0.286. The van der Waals surface area contributed by atoms with Gasteiger partial charge < -0.3 is 19.5 Å². The maximum Gasteiger partial charge on any atom is 0.150 e. The second-order valence-corrected chi connectivity index (χ2v) is 8.03. The first kappa shape index (κ1) is 22.0. The van der Waals surface area contributed by atoms with Gasteiger partial charge in [0, 0.05) is 17.7 Å². The third-order valence-corrected chi connectivity index (χ3v) is 6.11. The van der Waals surface area contributed by atoms with Crippen LogP contribution in [-0.4, -0.2) is 36.2 Å². The topological polar surface area (TPSA) is 41.9 Å². The van der Waals surface area contributed by atoms with Crippen molar-refractivity contribution >= 4 is 11.1 Å². The Balaban J connectivity index is 1.62. The van der Waals surface area contributed by atoms with Crippen molar-refractivity contribution in [3.05, 3.63) is 89.5 Å². The second kappa shape index (κ2) is 9.92. The molecule has 1 heterocycles. The highest BCUT2D eigenvalue weighted by Gasteiger charge is 2.29. The van der Waals surface area contributed by atoms with Gasteiger partial charge in [-0.3, -0.25) is 0 Å². The monoisotopic (exact) mass is 429 g/mol. The molecule has 166 valence electrons. The number of benzene rings is 3. The van der Waals surface area contributed by atoms with Crippen LogP contribution in [0, 0.1) is 0 Å². The number of hydrogen-bond donors (Lipinski definition) is 1. The van der Waals surface area contributed by atoms with Crippen molar-refractivity contribution in [2.45, 2.75) is 26.9 Å². The van der Waals surface area contributed by atoms with Crippen molar-refractivity contribution in [1.82, 2.24) is 4.90 Å². The predicted octanol–water partition coefficient (Wildman–Crippen LogP) is 6.18. The Bertz CT molecular complexity index is 1080. The van der Waals surface area contributed by atoms with Crippen LogP contribution in [0.2, 0.25) is 0 Å². The molecule has 4 rings (SSSR count). The van der Waals surface area contributed by atoms with Crippen LogP contribution in [-0.2, 0) is 0 Å². The zero-order chi connectivity index (χ0) is 22.5. The number of para-hydroxylation sites is 1. The minimum absolute atomic E-state index is 0.248. The largest absolute Gasteiger partial charge is 0.508 e. The summed E-state index contributed by atoms with van der Waals surface area (Å²) in [6, 6.07) is 23.7. The fourth-order valence-corrected chi connectivity index (χ4v) is 4.25. The minimum atomic E-state index is -0.267. The highest BCUT2D eigenvalue weighted by atomic mass is 16.5. The summed E-state index contributed by atoms with van der Waals surface area (Å²) in [6.07, 6.45) is -0.267. The molecule has 0 saturated carbocycles. The Morgan fingerprint density at radius 1 is 0.938 bits per heavy atom. The third kappa shape index (κ3) is 4.66. The Morgan fingerprint density at radius 2 is 1.69 bits per heavy atom. The molecule has 3 aromatic carbocycles. The third-order valence-electron chi connectivity index (χ3n) is 6.11. The molecule has 1 N–H and O–H groups in total. The lowest BCUT2D eigenvalue weighted by Gasteiger charge is -2.31. The molecule has 4 nitrogen and oxygen atoms in total. The average Bonchev–Trinajstić information content (AvgIpc) is 2.82. The normalized spacial score (nSPS) is 15.4. The highest BCUT2D eigenvalue weighted by molar-refractivity contribution is 5.95. The van der Waals surface area contributed by atoms with Crippen LogP contribution in [0.25, 0.3) is 11.1 Å². The number of phenols is 1. The molecule has 1 aliphatic heterocycles. The summed E-state index contributed by atoms with van der Waals surface area (Å²) in [5.74, 6) is 1.98. The van der Waals surface area contributed by atoms with Crippen LogP contribution in [0.5, 0.6) is 17.2 Å². The molecule has 1 aliphatic rings. The lowest BCUT2D eigenvalue weighted by Crippen LogP contribution is -2.27. The van der Waals surface area contributed by atoms with Gasteiger partial charge in [0.25, 0.3) is 0 Å². The number of phenolic OH excluding ortho intramolecular Hbond substituents is 1. The second-order valence-electron chi connectivity index (χ2n) is 8.03. The van der Waals surface area contributed by atoms with E-state index in [2.05, 4.69) is 43.9 Å². The molecule has 3 aromatic rings. The number of rotatable bonds is 8. The predicted molar refractivity (Wildman–Crippen MR) is 130 cm³/mol. The smallest absolute Gasteiger partial charge is 0.150 e. The lowest BCUT2D eigenvalue weighted by molar-refractivity contribution is 0.222. The SMILES string of the molecule is CCN(CC)CCOc1ccc(C2Oc3ccccc3C(C)=C2c2cccc(O)c2)cc1. The first-order chi connectivity index (χ1) is 15.6. The van der Waals surface area contributed by atoms with Gasteiger partial charge in [0.2, 0.25) is 0 Å². The van der Waals surface area contributed by atoms with E-state index in [-0.39, 0.29) is 11.9 Å². The number of fused-ring (bicyclic) bond motifs is 1. The molecule has 0 aliphatic carbocycles. The number of aromatic hydroxyl groups is 1. The van der Waals surface area contributed by atoms with E-state index in [1.54, 1.807) is 12.1 Å². The van der Waals surface area contributed by atoms with Gasteiger partial charge in [0.1, 0.15) is 30.0 Å². The summed E-state index contributed by atoms with van der Waals surface area (Å²) in [5, 5.41) is 10.1. The molecule has 0 fully saturated rings. The summed E-state index contributed by atoms with van der Waals surface area (Å²) in [5.41, 5.74) is 5.31. The van der Waals surface area contributed by atoms with Gasteiger partial charge in [-0.25, -0.2) is 0 Å². The maximum atomic E-state index is 10.1. The Hall–Kier alpha value is -3.24. The first-order valence-corrected chi connectivity index (χ1v) is 11.3. The van der Waals surface area contributed by atoms with Crippen LogP contribution in [0.3, 0.4) is 0 Å². The summed E-state index contributed by atoms with van der Waals surface area (Å²) in [7, 11) is 0. The van der Waals surface area contributed by atoms with Gasteiger partial charge in [-0.05, 0) is 67.0 Å². The van der Waals surface area contributed by atoms with Gasteiger partial charge in [-0.1, -0.05) is 56.3 Å². The highest BCUT2D eigenvalue weighted by Crippen LogP contribution is 2.46. The van der Waals surface area contributed by atoms with Crippen LogP contribution in [0.15, 0.2) is 72.8 Å². The van der Waals surface area contributed by atoms with E-state index in [4.69, 9.17) is 9.47 Å². The molecule has 1 unspecified atom stereocenters. The molecule has 1 atom stereocenters. The molecule has 0 bridgehead atoms. The molecular weight excluding hydrogens is 398 g/mol. The van der Waals surface area contributed by atoms with Crippen molar-refractivity contribution in [1.29, 1.82) is 0 Å². The zero-order valence-electron chi connectivity index (χ0n) is 19.0. The summed E-state index contributed by atoms with van der Waals surface area (Å²) in [4.78, 5) is 2.34. The first-order valence-electron chi connectivity index (χ1n) is 11.3. The number of hydrogen-bond acceptors (Lipinski definition) is 4. The van der Waals surface area contributed by atoms with Crippen molar-refractivity contribution in [2.24, 2.45) is 0 Å². The Morgan fingerprint density at radius 3 is 2.41 bits per heavy atom. The van der Waals surface area contributed by atoms with Crippen molar-refractivity contribution in [3.63, 3.8) is 0 Å². The summed E-state index contributed by atoms with van der Waals surface area (Å²) >= 11 is 0. The van der Waals surface area contributed by atoms with Crippen molar-refractivity contribution in [2.75, 3.05) is 26.2 Å². The fourth-order valence-electron chi connectivity index (χ4n) is 4.25. The standard InChI is InChI=1S/C28H31NO3/c1-4-29(5-2)17-18-31-24-15-13-21(14-16-24)28-27(22-9-8-10-23(30)19-22)20(3)25-11-6-7-12-26(25)32-28/h6-16,19,28,30H,4-5,17-18H2,1-3H3. The van der Waals surface area contributed by atoms with E-state index >= 15 is 0 Å². The molecule has 0 aromatic heterocycles. The van der Waals surface area contributed by atoms with Crippen LogP contribution in [0.4, 0.5) is 0 Å². The van der Waals surface area contributed by atoms with E-state index in [1.807, 2.05) is 42.5 Å². The zero-order valence-corrected chi connectivity index (χ0v) is 19.0. The average molecular weight is 430 g/mol. The Kier molecular flexibility index (Phi) is 6.81. The molecule has 0 saturated heterocycles. The van der Waals surface area contributed by atoms with Crippen LogP contribution >= 0.6 is 0 Å². The summed E-state index contributed by atoms with van der Waals surface area (Å²) < 4.78 is 12.4. The van der Waals surface area contributed by atoms with Crippen molar-refractivity contribution in [3.8, 4) is 17.2 Å². The van der Waals surface area contributed by atoms with E-state index in [9.17, 15) is 5.11 Å². The van der Waals surface area contributed by atoms with Gasteiger partial charge >= 0.3 is 0 Å². The number of likely N-dealkylation sites (N-methyl/N-ethyl adjacent to an activating group) is 1. The quantitative estimate of drug-likeness (QED) is 0.464. The molecule has 0 radical (unpaired) electrons. The van der Waals surface area contributed by atoms with Crippen LogP contribution < -0.4 is 9.47 Å². The van der Waals surface area contributed by atoms with Gasteiger partial charge in [-0.2, -0.15) is 0 Å². The molecule has 4 heteroatoms. The maximum absolute atomic E-state index is 10.1. The van der Waals surface area contributed by atoms with Crippen LogP contribution in [0.1, 0.15) is 43.6 Å². The van der Waals surface area contributed by atoms with E-state index in [0.29, 0.717) is 6.61 Å². The van der Waals surface area contributed by atoms with E-state index in [1.165, 1.54) is 0 Å². The van der Waals surface area contributed by atoms with Gasteiger partial charge in [0.05, 0.1) is 0 Å². The molecule has 32 heavy (non-hydrogen) atoms. The minimum Gasteiger partial charge on any atom is -0.508 e. The van der Waals surface area contributed by atoms with E-state index in [0.717, 1.165) is 59.0 Å².